The van der Waals surface area contributed by atoms with Crippen LogP contribution in [0.25, 0.3) is 0 Å². The van der Waals surface area contributed by atoms with Crippen LogP contribution in [0.15, 0.2) is 0 Å². The zero-order valence-electron chi connectivity index (χ0n) is 13.6. The number of nitrogens with zero attached hydrogens (tertiary/aromatic N) is 1. The fourth-order valence-corrected chi connectivity index (χ4v) is 2.88. The van der Waals surface area contributed by atoms with Crippen molar-refractivity contribution < 1.29 is 14.7 Å². The number of carboxylic acid groups (broad SMARTS) is 1. The minimum Gasteiger partial charge on any atom is -0.481 e. The Morgan fingerprint density at radius 2 is 1.95 bits per heavy atom. The monoisotopic (exact) mass is 298 g/mol. The Morgan fingerprint density at radius 3 is 2.57 bits per heavy atom. The average Bonchev–Trinajstić information content (AvgIpc) is 2.59. The van der Waals surface area contributed by atoms with Crippen molar-refractivity contribution in [3.8, 4) is 0 Å². The summed E-state index contributed by atoms with van der Waals surface area (Å²) in [6.45, 7) is 6.71. The summed E-state index contributed by atoms with van der Waals surface area (Å²) in [7, 11) is 0. The highest BCUT2D eigenvalue weighted by Crippen LogP contribution is 2.22. The number of nitrogens with one attached hydrogen (secondary N) is 1. The van der Waals surface area contributed by atoms with Crippen molar-refractivity contribution in [1.29, 1.82) is 0 Å². The molecule has 0 aromatic carbocycles. The van der Waals surface area contributed by atoms with Crippen molar-refractivity contribution in [1.82, 2.24) is 10.2 Å². The van der Waals surface area contributed by atoms with Crippen LogP contribution in [0.5, 0.6) is 0 Å². The van der Waals surface area contributed by atoms with E-state index in [0.717, 1.165) is 18.8 Å². The van der Waals surface area contributed by atoms with Gasteiger partial charge in [0.25, 0.3) is 0 Å². The molecule has 1 fully saturated rings. The second-order valence-corrected chi connectivity index (χ2v) is 6.54. The molecule has 0 saturated heterocycles. The highest BCUT2D eigenvalue weighted by molar-refractivity contribution is 5.75. The molecule has 2 N–H and O–H groups in total. The number of carbonyl (C=O) groups is 2. The van der Waals surface area contributed by atoms with Crippen LogP contribution in [-0.2, 0) is 4.79 Å². The Kier molecular flexibility index (Phi) is 7.54. The van der Waals surface area contributed by atoms with E-state index in [9.17, 15) is 9.59 Å². The summed E-state index contributed by atoms with van der Waals surface area (Å²) in [5, 5.41) is 11.8. The van der Waals surface area contributed by atoms with Crippen molar-refractivity contribution in [2.24, 2.45) is 5.92 Å². The number of hydrogen-bond donors (Lipinski definition) is 2. The smallest absolute Gasteiger partial charge is 0.317 e. The van der Waals surface area contributed by atoms with Gasteiger partial charge in [0, 0.05) is 25.0 Å². The summed E-state index contributed by atoms with van der Waals surface area (Å²) >= 11 is 0. The molecule has 1 aliphatic carbocycles. The van der Waals surface area contributed by atoms with Crippen LogP contribution in [0.3, 0.4) is 0 Å². The quantitative estimate of drug-likeness (QED) is 0.740. The van der Waals surface area contributed by atoms with E-state index >= 15 is 0 Å². The number of carboxylic acids is 1. The van der Waals surface area contributed by atoms with E-state index in [2.05, 4.69) is 12.2 Å². The molecule has 0 radical (unpaired) electrons. The fourth-order valence-electron chi connectivity index (χ4n) is 2.88. The Labute approximate surface area is 128 Å². The summed E-state index contributed by atoms with van der Waals surface area (Å²) in [6, 6.07) is 0.307. The zero-order valence-corrected chi connectivity index (χ0v) is 13.6. The van der Waals surface area contributed by atoms with Gasteiger partial charge in [-0.25, -0.2) is 4.79 Å². The molecule has 1 saturated carbocycles. The average molecular weight is 298 g/mol. The SMILES string of the molecule is CC1CCCC(NC(=O)N(CCCC(=O)O)C(C)C)CC1. The molecular weight excluding hydrogens is 268 g/mol. The van der Waals surface area contributed by atoms with Gasteiger partial charge < -0.3 is 15.3 Å². The molecule has 2 atom stereocenters. The van der Waals surface area contributed by atoms with Crippen molar-refractivity contribution in [3.63, 3.8) is 0 Å². The number of carbonyl (C=O) groups excluding carboxylic acids is 1. The highest BCUT2D eigenvalue weighted by Gasteiger charge is 2.22. The topological polar surface area (TPSA) is 69.6 Å². The molecule has 0 bridgehead atoms. The van der Waals surface area contributed by atoms with Crippen molar-refractivity contribution in [3.05, 3.63) is 0 Å². The molecular formula is C16H30N2O3. The fraction of sp³-hybridized carbons (Fsp3) is 0.875. The molecule has 0 aromatic rings. The third-order valence-electron chi connectivity index (χ3n) is 4.26. The summed E-state index contributed by atoms with van der Waals surface area (Å²) in [5.74, 6) is -0.0551. The predicted molar refractivity (Wildman–Crippen MR) is 83.3 cm³/mol. The first-order chi connectivity index (χ1) is 9.90. The van der Waals surface area contributed by atoms with Gasteiger partial charge in [0.05, 0.1) is 0 Å². The number of aliphatic carboxylic acids is 1. The number of urea groups is 1. The van der Waals surface area contributed by atoms with Crippen LogP contribution >= 0.6 is 0 Å². The van der Waals surface area contributed by atoms with E-state index < -0.39 is 5.97 Å². The molecule has 2 unspecified atom stereocenters. The molecule has 0 aliphatic heterocycles. The Balaban J connectivity index is 2.46. The lowest BCUT2D eigenvalue weighted by Crippen LogP contribution is -2.48. The predicted octanol–water partition coefficient (Wildman–Crippen LogP) is 3.24. The number of hydrogen-bond acceptors (Lipinski definition) is 2. The van der Waals surface area contributed by atoms with Crippen molar-refractivity contribution in [2.45, 2.75) is 77.8 Å². The number of rotatable bonds is 6. The lowest BCUT2D eigenvalue weighted by atomic mass is 10.0. The first kappa shape index (κ1) is 17.8. The second-order valence-electron chi connectivity index (χ2n) is 6.54. The summed E-state index contributed by atoms with van der Waals surface area (Å²) < 4.78 is 0. The first-order valence-electron chi connectivity index (χ1n) is 8.19. The van der Waals surface area contributed by atoms with Crippen LogP contribution < -0.4 is 5.32 Å². The van der Waals surface area contributed by atoms with Gasteiger partial charge >= 0.3 is 12.0 Å². The molecule has 5 nitrogen and oxygen atoms in total. The van der Waals surface area contributed by atoms with Crippen LogP contribution in [0.4, 0.5) is 4.79 Å². The lowest BCUT2D eigenvalue weighted by molar-refractivity contribution is -0.137. The molecule has 2 amide bonds. The van der Waals surface area contributed by atoms with E-state index in [1.165, 1.54) is 19.3 Å². The van der Waals surface area contributed by atoms with Crippen LogP contribution in [0, 0.1) is 5.92 Å². The Hall–Kier alpha value is -1.26. The zero-order chi connectivity index (χ0) is 15.8. The third-order valence-corrected chi connectivity index (χ3v) is 4.26. The summed E-state index contributed by atoms with van der Waals surface area (Å²) in [6.07, 6.45) is 6.31. The van der Waals surface area contributed by atoms with Gasteiger partial charge in [-0.2, -0.15) is 0 Å². The van der Waals surface area contributed by atoms with Gasteiger partial charge in [0.15, 0.2) is 0 Å². The van der Waals surface area contributed by atoms with Gasteiger partial charge in [0.1, 0.15) is 0 Å². The van der Waals surface area contributed by atoms with Crippen molar-refractivity contribution >= 4 is 12.0 Å². The van der Waals surface area contributed by atoms with Gasteiger partial charge in [0.2, 0.25) is 0 Å². The van der Waals surface area contributed by atoms with E-state index in [0.29, 0.717) is 13.0 Å². The minimum absolute atomic E-state index is 0.0464. The number of amides is 2. The highest BCUT2D eigenvalue weighted by atomic mass is 16.4. The molecule has 1 rings (SSSR count). The molecule has 0 aromatic heterocycles. The maximum Gasteiger partial charge on any atom is 0.317 e. The van der Waals surface area contributed by atoms with Gasteiger partial charge in [-0.05, 0) is 45.4 Å². The minimum atomic E-state index is -0.808. The first-order valence-corrected chi connectivity index (χ1v) is 8.19. The molecule has 0 heterocycles. The molecule has 1 aliphatic rings. The second kappa shape index (κ2) is 8.90. The third kappa shape index (κ3) is 6.82. The molecule has 0 spiro atoms. The van der Waals surface area contributed by atoms with Gasteiger partial charge in [-0.3, -0.25) is 4.79 Å². The maximum absolute atomic E-state index is 12.4. The molecule has 122 valence electrons. The van der Waals surface area contributed by atoms with Crippen LogP contribution in [-0.4, -0.2) is 40.6 Å². The Bertz CT molecular complexity index is 344. The largest absolute Gasteiger partial charge is 0.481 e. The van der Waals surface area contributed by atoms with Crippen LogP contribution in [0.2, 0.25) is 0 Å². The normalized spacial score (nSPS) is 22.7. The lowest BCUT2D eigenvalue weighted by Gasteiger charge is -2.29. The standard InChI is InChI=1S/C16H30N2O3/c1-12(2)18(11-5-8-15(19)20)16(21)17-14-7-4-6-13(3)9-10-14/h12-14H,4-11H2,1-3H3,(H,17,21)(H,19,20). The van der Waals surface area contributed by atoms with Crippen molar-refractivity contribution in [2.75, 3.05) is 6.54 Å². The molecule has 21 heavy (non-hydrogen) atoms. The van der Waals surface area contributed by atoms with Gasteiger partial charge in [-0.15, -0.1) is 0 Å². The van der Waals surface area contributed by atoms with Gasteiger partial charge in [-0.1, -0.05) is 19.8 Å². The van der Waals surface area contributed by atoms with E-state index in [1.54, 1.807) is 4.90 Å². The Morgan fingerprint density at radius 1 is 1.24 bits per heavy atom. The van der Waals surface area contributed by atoms with E-state index in [4.69, 9.17) is 5.11 Å². The summed E-state index contributed by atoms with van der Waals surface area (Å²) in [5.41, 5.74) is 0. The van der Waals surface area contributed by atoms with E-state index in [-0.39, 0.29) is 24.5 Å². The van der Waals surface area contributed by atoms with Crippen LogP contribution in [0.1, 0.15) is 65.7 Å². The summed E-state index contributed by atoms with van der Waals surface area (Å²) in [4.78, 5) is 24.7. The van der Waals surface area contributed by atoms with E-state index in [1.807, 2.05) is 13.8 Å². The maximum atomic E-state index is 12.4. The molecule has 5 heteroatoms.